The van der Waals surface area contributed by atoms with E-state index in [1.54, 1.807) is 24.3 Å². The van der Waals surface area contributed by atoms with E-state index < -0.39 is 0 Å². The van der Waals surface area contributed by atoms with Crippen molar-refractivity contribution in [1.29, 1.82) is 0 Å². The first kappa shape index (κ1) is 18.8. The molecule has 1 aliphatic rings. The molecule has 3 aromatic rings. The quantitative estimate of drug-likeness (QED) is 0.619. The maximum absolute atomic E-state index is 13.2. The first-order valence-corrected chi connectivity index (χ1v) is 9.62. The van der Waals surface area contributed by atoms with Gasteiger partial charge in [0.05, 0.1) is 25.4 Å². The van der Waals surface area contributed by atoms with Gasteiger partial charge >= 0.3 is 0 Å². The summed E-state index contributed by atoms with van der Waals surface area (Å²) in [6.07, 6.45) is 0. The molecule has 28 heavy (non-hydrogen) atoms. The Morgan fingerprint density at radius 2 is 1.86 bits per heavy atom. The number of hydrogen-bond acceptors (Lipinski definition) is 5. The number of benzene rings is 2. The summed E-state index contributed by atoms with van der Waals surface area (Å²) in [7, 11) is 0. The molecule has 144 valence electrons. The highest BCUT2D eigenvalue weighted by atomic mass is 35.5. The maximum Gasteiger partial charge on any atom is 0.195 e. The maximum atomic E-state index is 13.2. The molecule has 0 spiro atoms. The Bertz CT molecular complexity index is 981. The van der Waals surface area contributed by atoms with Crippen LogP contribution in [0.3, 0.4) is 0 Å². The average molecular weight is 397 g/mol. The minimum Gasteiger partial charge on any atom is -0.379 e. The van der Waals surface area contributed by atoms with Crippen LogP contribution in [-0.4, -0.2) is 51.8 Å². The van der Waals surface area contributed by atoms with Gasteiger partial charge in [-0.25, -0.2) is 0 Å². The van der Waals surface area contributed by atoms with Gasteiger partial charge in [0.15, 0.2) is 11.6 Å². The normalized spacial score (nSPS) is 14.9. The van der Waals surface area contributed by atoms with Gasteiger partial charge in [-0.3, -0.25) is 14.3 Å². The van der Waals surface area contributed by atoms with Gasteiger partial charge in [0.25, 0.3) is 0 Å². The van der Waals surface area contributed by atoms with Crippen LogP contribution in [0.2, 0.25) is 5.02 Å². The standard InChI is InChI=1S/C21H21ClN4O2/c1-15-23-24-20(14-25-9-11-28-12-10-25)26(15)19-8-7-17(22)13-18(19)21(27)16-5-3-2-4-6-16/h2-8,13H,9-12,14H2,1H3. The van der Waals surface area contributed by atoms with Crippen LogP contribution in [0.4, 0.5) is 0 Å². The second kappa shape index (κ2) is 8.22. The van der Waals surface area contributed by atoms with Crippen LogP contribution in [0, 0.1) is 6.92 Å². The molecule has 1 aromatic heterocycles. The topological polar surface area (TPSA) is 60.2 Å². The molecule has 0 unspecified atom stereocenters. The van der Waals surface area contributed by atoms with E-state index in [2.05, 4.69) is 15.1 Å². The third kappa shape index (κ3) is 3.85. The van der Waals surface area contributed by atoms with Gasteiger partial charge in [0.2, 0.25) is 0 Å². The molecule has 6 nitrogen and oxygen atoms in total. The number of aryl methyl sites for hydroxylation is 1. The minimum absolute atomic E-state index is 0.0801. The van der Waals surface area contributed by atoms with Crippen LogP contribution in [0.25, 0.3) is 5.69 Å². The zero-order chi connectivity index (χ0) is 19.5. The van der Waals surface area contributed by atoms with Crippen LogP contribution in [0.5, 0.6) is 0 Å². The van der Waals surface area contributed by atoms with E-state index >= 15 is 0 Å². The molecule has 4 rings (SSSR count). The second-order valence-corrected chi connectivity index (χ2v) is 7.18. The van der Waals surface area contributed by atoms with Crippen LogP contribution in [-0.2, 0) is 11.3 Å². The molecule has 2 aromatic carbocycles. The van der Waals surface area contributed by atoms with E-state index in [1.807, 2.05) is 35.8 Å². The number of nitrogens with zero attached hydrogens (tertiary/aromatic N) is 4. The fraction of sp³-hybridized carbons (Fsp3) is 0.286. The summed E-state index contributed by atoms with van der Waals surface area (Å²) in [5.41, 5.74) is 1.89. The summed E-state index contributed by atoms with van der Waals surface area (Å²) in [5, 5.41) is 9.15. The number of aromatic nitrogens is 3. The van der Waals surface area contributed by atoms with Gasteiger partial charge < -0.3 is 4.74 Å². The van der Waals surface area contributed by atoms with Gasteiger partial charge in [-0.05, 0) is 25.1 Å². The zero-order valence-electron chi connectivity index (χ0n) is 15.6. The van der Waals surface area contributed by atoms with Crippen LogP contribution >= 0.6 is 11.6 Å². The van der Waals surface area contributed by atoms with Gasteiger partial charge in [0.1, 0.15) is 5.82 Å². The first-order valence-electron chi connectivity index (χ1n) is 9.24. The summed E-state index contributed by atoms with van der Waals surface area (Å²) in [6.45, 7) is 5.66. The van der Waals surface area contributed by atoms with Gasteiger partial charge in [0, 0.05) is 29.2 Å². The molecule has 1 fully saturated rings. The number of morpholine rings is 1. The molecule has 7 heteroatoms. The summed E-state index contributed by atoms with van der Waals surface area (Å²) in [6, 6.07) is 14.6. The van der Waals surface area contributed by atoms with Crippen molar-refractivity contribution < 1.29 is 9.53 Å². The number of carbonyl (C=O) groups is 1. The summed E-state index contributed by atoms with van der Waals surface area (Å²) in [4.78, 5) is 15.5. The Morgan fingerprint density at radius 1 is 1.11 bits per heavy atom. The molecule has 1 saturated heterocycles. The van der Waals surface area contributed by atoms with Crippen LogP contribution in [0.15, 0.2) is 48.5 Å². The van der Waals surface area contributed by atoms with Gasteiger partial charge in [-0.2, -0.15) is 0 Å². The Labute approximate surface area is 168 Å². The van der Waals surface area contributed by atoms with E-state index in [-0.39, 0.29) is 5.78 Å². The van der Waals surface area contributed by atoms with Gasteiger partial charge in [-0.15, -0.1) is 10.2 Å². The third-order valence-corrected chi connectivity index (χ3v) is 5.08. The summed E-state index contributed by atoms with van der Waals surface area (Å²) < 4.78 is 7.37. The third-order valence-electron chi connectivity index (χ3n) is 4.84. The molecule has 0 radical (unpaired) electrons. The molecule has 0 aliphatic carbocycles. The summed E-state index contributed by atoms with van der Waals surface area (Å²) >= 11 is 6.23. The summed E-state index contributed by atoms with van der Waals surface area (Å²) in [5.74, 6) is 1.44. The lowest BCUT2D eigenvalue weighted by Gasteiger charge is -2.26. The Hall–Kier alpha value is -2.54. The smallest absolute Gasteiger partial charge is 0.195 e. The molecule has 0 atom stereocenters. The molecule has 0 N–H and O–H groups in total. The Kier molecular flexibility index (Phi) is 5.52. The molecular weight excluding hydrogens is 376 g/mol. The monoisotopic (exact) mass is 396 g/mol. The van der Waals surface area contributed by atoms with E-state index in [0.717, 1.165) is 30.4 Å². The number of rotatable bonds is 5. The van der Waals surface area contributed by atoms with Crippen molar-refractivity contribution in [3.63, 3.8) is 0 Å². The zero-order valence-corrected chi connectivity index (χ0v) is 16.4. The fourth-order valence-electron chi connectivity index (χ4n) is 3.41. The van der Waals surface area contributed by atoms with Crippen molar-refractivity contribution in [2.75, 3.05) is 26.3 Å². The highest BCUT2D eigenvalue weighted by Gasteiger charge is 2.21. The number of ketones is 1. The largest absolute Gasteiger partial charge is 0.379 e. The lowest BCUT2D eigenvalue weighted by Crippen LogP contribution is -2.36. The SMILES string of the molecule is Cc1nnc(CN2CCOCC2)n1-c1ccc(Cl)cc1C(=O)c1ccccc1. The number of hydrogen-bond donors (Lipinski definition) is 0. The lowest BCUT2D eigenvalue weighted by atomic mass is 10.0. The fourth-order valence-corrected chi connectivity index (χ4v) is 3.58. The molecule has 0 amide bonds. The highest BCUT2D eigenvalue weighted by molar-refractivity contribution is 6.31. The van der Waals surface area contributed by atoms with E-state index in [4.69, 9.17) is 16.3 Å². The molecule has 1 aliphatic heterocycles. The van der Waals surface area contributed by atoms with Crippen LogP contribution in [0.1, 0.15) is 27.6 Å². The molecule has 0 bridgehead atoms. The number of ether oxygens (including phenoxy) is 1. The van der Waals surface area contributed by atoms with Gasteiger partial charge in [-0.1, -0.05) is 41.9 Å². The van der Waals surface area contributed by atoms with E-state index in [1.165, 1.54) is 0 Å². The van der Waals surface area contributed by atoms with Crippen LogP contribution < -0.4 is 0 Å². The van der Waals surface area contributed by atoms with Crippen molar-refractivity contribution in [3.8, 4) is 5.69 Å². The Morgan fingerprint density at radius 3 is 2.61 bits per heavy atom. The number of halogens is 1. The van der Waals surface area contributed by atoms with Crippen molar-refractivity contribution >= 4 is 17.4 Å². The van der Waals surface area contributed by atoms with Crippen molar-refractivity contribution in [1.82, 2.24) is 19.7 Å². The van der Waals surface area contributed by atoms with E-state index in [9.17, 15) is 4.79 Å². The predicted molar refractivity (Wildman–Crippen MR) is 107 cm³/mol. The minimum atomic E-state index is -0.0801. The Balaban J connectivity index is 1.76. The molecular formula is C21H21ClN4O2. The van der Waals surface area contributed by atoms with Crippen molar-refractivity contribution in [2.24, 2.45) is 0 Å². The lowest BCUT2D eigenvalue weighted by molar-refractivity contribution is 0.0328. The number of carbonyl (C=O) groups excluding carboxylic acids is 1. The second-order valence-electron chi connectivity index (χ2n) is 6.74. The predicted octanol–water partition coefficient (Wildman–Crippen LogP) is 3.29. The first-order chi connectivity index (χ1) is 13.6. The highest BCUT2D eigenvalue weighted by Crippen LogP contribution is 2.25. The molecule has 2 heterocycles. The van der Waals surface area contributed by atoms with Crippen molar-refractivity contribution in [3.05, 3.63) is 76.3 Å². The molecule has 0 saturated carbocycles. The average Bonchev–Trinajstić information content (AvgIpc) is 3.09. The van der Waals surface area contributed by atoms with E-state index in [0.29, 0.717) is 35.9 Å². The van der Waals surface area contributed by atoms with Crippen molar-refractivity contribution in [2.45, 2.75) is 13.5 Å².